The van der Waals surface area contributed by atoms with E-state index in [1.54, 1.807) is 24.3 Å². The van der Waals surface area contributed by atoms with Crippen LogP contribution in [0, 0.1) is 5.82 Å². The third-order valence-corrected chi connectivity index (χ3v) is 5.67. The number of carbonyl (C=O) groups excluding carboxylic acids is 1. The lowest BCUT2D eigenvalue weighted by Crippen LogP contribution is -2.53. The smallest absolute Gasteiger partial charge is 0.250 e. The monoisotopic (exact) mass is 436 g/mol. The number of phenols is 1. The number of anilines is 2. The van der Waals surface area contributed by atoms with Crippen molar-refractivity contribution in [1.82, 2.24) is 15.4 Å². The molecule has 9 heteroatoms. The van der Waals surface area contributed by atoms with E-state index in [9.17, 15) is 9.90 Å². The van der Waals surface area contributed by atoms with Gasteiger partial charge in [0, 0.05) is 35.6 Å². The van der Waals surface area contributed by atoms with Crippen LogP contribution in [0.25, 0.3) is 11.1 Å². The van der Waals surface area contributed by atoms with E-state index >= 15 is 4.39 Å². The van der Waals surface area contributed by atoms with Crippen molar-refractivity contribution in [3.63, 3.8) is 0 Å². The number of amides is 1. The number of hydrogen-bond acceptors (Lipinski definition) is 7. The third-order valence-electron chi connectivity index (χ3n) is 5.67. The Labute approximate surface area is 185 Å². The van der Waals surface area contributed by atoms with Gasteiger partial charge >= 0.3 is 0 Å². The molecule has 2 aromatic heterocycles. The summed E-state index contributed by atoms with van der Waals surface area (Å²) < 4.78 is 15.8. The van der Waals surface area contributed by atoms with Crippen molar-refractivity contribution in [1.29, 1.82) is 0 Å². The maximum Gasteiger partial charge on any atom is 0.250 e. The molecular formula is C23H25FN6O2. The molecule has 32 heavy (non-hydrogen) atoms. The third kappa shape index (κ3) is 4.39. The summed E-state index contributed by atoms with van der Waals surface area (Å²) in [7, 11) is 0. The van der Waals surface area contributed by atoms with Crippen molar-refractivity contribution in [3.8, 4) is 16.9 Å². The molecule has 1 fully saturated rings. The molecule has 2 atom stereocenters. The van der Waals surface area contributed by atoms with Crippen molar-refractivity contribution >= 4 is 17.4 Å². The summed E-state index contributed by atoms with van der Waals surface area (Å²) >= 11 is 0. The van der Waals surface area contributed by atoms with E-state index in [-0.39, 0.29) is 34.6 Å². The summed E-state index contributed by atoms with van der Waals surface area (Å²) in [5, 5.41) is 11.7. The van der Waals surface area contributed by atoms with Crippen molar-refractivity contribution in [2.75, 3.05) is 5.01 Å². The van der Waals surface area contributed by atoms with Gasteiger partial charge in [0.1, 0.15) is 17.3 Å². The number of pyridine rings is 2. The number of nitrogens with one attached hydrogen (secondary N) is 1. The molecule has 1 saturated carbocycles. The molecule has 1 aliphatic rings. The average Bonchev–Trinajstić information content (AvgIpc) is 2.80. The molecule has 2 heterocycles. The quantitative estimate of drug-likeness (QED) is 0.437. The van der Waals surface area contributed by atoms with Crippen molar-refractivity contribution in [2.45, 2.75) is 37.8 Å². The number of carbonyl (C=O) groups is 1. The minimum atomic E-state index is -0.604. The van der Waals surface area contributed by atoms with Crippen LogP contribution in [0.4, 0.5) is 15.9 Å². The number of hydrogen-bond donors (Lipinski definition) is 4. The Morgan fingerprint density at radius 1 is 1.09 bits per heavy atom. The predicted octanol–water partition coefficient (Wildman–Crippen LogP) is 3.00. The first-order chi connectivity index (χ1) is 15.5. The van der Waals surface area contributed by atoms with Crippen molar-refractivity contribution in [3.05, 3.63) is 66.4 Å². The molecule has 6 N–H and O–H groups in total. The summed E-state index contributed by atoms with van der Waals surface area (Å²) in [4.78, 5) is 19.9. The molecule has 166 valence electrons. The van der Waals surface area contributed by atoms with Gasteiger partial charge in [-0.2, -0.15) is 0 Å². The van der Waals surface area contributed by atoms with E-state index in [0.29, 0.717) is 11.4 Å². The van der Waals surface area contributed by atoms with Crippen LogP contribution in [-0.2, 0) is 0 Å². The molecule has 1 amide bonds. The van der Waals surface area contributed by atoms with E-state index in [4.69, 9.17) is 11.5 Å². The summed E-state index contributed by atoms with van der Waals surface area (Å²) in [6, 6.07) is 9.38. The first kappa shape index (κ1) is 21.7. The van der Waals surface area contributed by atoms with Crippen LogP contribution in [0.1, 0.15) is 36.0 Å². The van der Waals surface area contributed by atoms with Gasteiger partial charge in [-0.05, 0) is 31.0 Å². The lowest BCUT2D eigenvalue weighted by atomic mass is 9.91. The second kappa shape index (κ2) is 9.29. The Balaban J connectivity index is 1.78. The Bertz CT molecular complexity index is 1110. The van der Waals surface area contributed by atoms with Crippen LogP contribution in [0.5, 0.6) is 5.75 Å². The number of nitrogens with zero attached hydrogens (tertiary/aromatic N) is 3. The van der Waals surface area contributed by atoms with Gasteiger partial charge in [0.25, 0.3) is 0 Å². The average molecular weight is 436 g/mol. The lowest BCUT2D eigenvalue weighted by Gasteiger charge is -2.35. The van der Waals surface area contributed by atoms with Crippen molar-refractivity contribution < 1.29 is 14.3 Å². The van der Waals surface area contributed by atoms with Gasteiger partial charge in [-0.25, -0.2) is 14.8 Å². The van der Waals surface area contributed by atoms with E-state index < -0.39 is 11.7 Å². The van der Waals surface area contributed by atoms with Crippen LogP contribution >= 0.6 is 0 Å². The number of para-hydroxylation sites is 1. The number of nitrogens with two attached hydrogens (primary N) is 2. The molecule has 0 saturated heterocycles. The Kier molecular flexibility index (Phi) is 6.29. The molecule has 0 spiro atoms. The fraction of sp³-hybridized carbons (Fsp3) is 0.261. The number of rotatable bonds is 6. The van der Waals surface area contributed by atoms with E-state index in [1.807, 2.05) is 0 Å². The zero-order valence-electron chi connectivity index (χ0n) is 17.4. The summed E-state index contributed by atoms with van der Waals surface area (Å²) in [6.07, 6.45) is 7.82. The topological polar surface area (TPSA) is 130 Å². The number of benzene rings is 1. The molecular weight excluding hydrogens is 411 g/mol. The fourth-order valence-corrected chi connectivity index (χ4v) is 3.89. The van der Waals surface area contributed by atoms with E-state index in [0.717, 1.165) is 25.7 Å². The highest BCUT2D eigenvalue weighted by Crippen LogP contribution is 2.35. The van der Waals surface area contributed by atoms with Crippen LogP contribution in [0.3, 0.4) is 0 Å². The number of aromatic nitrogens is 2. The van der Waals surface area contributed by atoms with Crippen LogP contribution < -0.4 is 21.9 Å². The first-order valence-electron chi connectivity index (χ1n) is 10.5. The SMILES string of the molecule is NC(=O)c1ccc(N(NC2CCCCC2N)c2cncc(-c3ccccc3O)c2F)nc1. The maximum atomic E-state index is 15.8. The van der Waals surface area contributed by atoms with Gasteiger partial charge in [-0.15, -0.1) is 0 Å². The van der Waals surface area contributed by atoms with Crippen LogP contribution in [-0.4, -0.2) is 33.1 Å². The first-order valence-corrected chi connectivity index (χ1v) is 10.5. The normalized spacial score (nSPS) is 18.3. The Hall–Kier alpha value is -3.56. The summed E-state index contributed by atoms with van der Waals surface area (Å²) in [5.41, 5.74) is 15.8. The standard InChI is InChI=1S/C23H25FN6O2/c24-22-16(15-5-1-4-8-20(15)31)12-27-13-19(22)30(29-18-7-3-2-6-17(18)25)21-10-9-14(11-28-21)23(26)32/h1,4-5,8-13,17-18,29,31H,2-3,6-7,25H2,(H2,26,32). The van der Waals surface area contributed by atoms with Crippen LogP contribution in [0.2, 0.25) is 0 Å². The number of primary amides is 1. The molecule has 0 radical (unpaired) electrons. The van der Waals surface area contributed by atoms with Gasteiger partial charge in [0.05, 0.1) is 11.8 Å². The van der Waals surface area contributed by atoms with Gasteiger partial charge in [-0.1, -0.05) is 31.0 Å². The Morgan fingerprint density at radius 2 is 1.88 bits per heavy atom. The molecule has 4 rings (SSSR count). The highest BCUT2D eigenvalue weighted by Gasteiger charge is 2.27. The van der Waals surface area contributed by atoms with Gasteiger partial charge in [0.15, 0.2) is 5.82 Å². The number of halogens is 1. The fourth-order valence-electron chi connectivity index (χ4n) is 3.89. The maximum absolute atomic E-state index is 15.8. The minimum absolute atomic E-state index is 0.0527. The molecule has 1 aromatic carbocycles. The zero-order chi connectivity index (χ0) is 22.7. The minimum Gasteiger partial charge on any atom is -0.507 e. The van der Waals surface area contributed by atoms with Gasteiger partial charge < -0.3 is 16.6 Å². The lowest BCUT2D eigenvalue weighted by molar-refractivity contribution is 0.1000. The molecule has 3 aromatic rings. The number of hydrazine groups is 1. The van der Waals surface area contributed by atoms with Gasteiger partial charge in [-0.3, -0.25) is 14.8 Å². The van der Waals surface area contributed by atoms with Crippen molar-refractivity contribution in [2.24, 2.45) is 11.5 Å². The largest absolute Gasteiger partial charge is 0.507 e. The second-order valence-electron chi connectivity index (χ2n) is 7.83. The highest BCUT2D eigenvalue weighted by molar-refractivity contribution is 5.92. The molecule has 1 aliphatic carbocycles. The predicted molar refractivity (Wildman–Crippen MR) is 120 cm³/mol. The second-order valence-corrected chi connectivity index (χ2v) is 7.83. The molecule has 0 bridgehead atoms. The molecule has 8 nitrogen and oxygen atoms in total. The van der Waals surface area contributed by atoms with E-state index in [1.165, 1.54) is 35.7 Å². The van der Waals surface area contributed by atoms with Gasteiger partial charge in [0.2, 0.25) is 5.91 Å². The van der Waals surface area contributed by atoms with E-state index in [2.05, 4.69) is 15.4 Å². The number of aromatic hydroxyl groups is 1. The summed E-state index contributed by atoms with van der Waals surface area (Å²) in [5.74, 6) is -0.891. The molecule has 2 unspecified atom stereocenters. The van der Waals surface area contributed by atoms with Crippen LogP contribution in [0.15, 0.2) is 55.0 Å². The molecule has 0 aliphatic heterocycles. The zero-order valence-corrected chi connectivity index (χ0v) is 17.4. The number of phenolic OH excluding ortho intramolecular Hbond substituents is 1. The highest BCUT2D eigenvalue weighted by atomic mass is 19.1. The summed E-state index contributed by atoms with van der Waals surface area (Å²) in [6.45, 7) is 0. The Morgan fingerprint density at radius 3 is 2.56 bits per heavy atom.